The predicted octanol–water partition coefficient (Wildman–Crippen LogP) is 3.73. The Morgan fingerprint density at radius 3 is 2.91 bits per heavy atom. The first-order chi connectivity index (χ1) is 16.4. The number of hydrogen-bond acceptors (Lipinski definition) is 8. The Kier molecular flexibility index (Phi) is 4.78. The SMILES string of the molecule is Cc1sc(NC(=O)c2sc3nc4n(c(=O)c3c2C)CCC4)nc1-c1ccc2c(c1)NC(=O)CO2. The molecule has 11 heteroatoms. The molecule has 172 valence electrons. The zero-order valence-electron chi connectivity index (χ0n) is 18.4. The first-order valence-electron chi connectivity index (χ1n) is 10.8. The van der Waals surface area contributed by atoms with Gasteiger partial charge in [-0.2, -0.15) is 0 Å². The first-order valence-corrected chi connectivity index (χ1v) is 12.4. The van der Waals surface area contributed by atoms with Crippen molar-refractivity contribution in [2.24, 2.45) is 0 Å². The lowest BCUT2D eigenvalue weighted by atomic mass is 10.1. The molecule has 3 aromatic heterocycles. The van der Waals surface area contributed by atoms with Crippen LogP contribution in [0, 0.1) is 13.8 Å². The fraction of sp³-hybridized carbons (Fsp3) is 0.261. The summed E-state index contributed by atoms with van der Waals surface area (Å²) >= 11 is 2.61. The van der Waals surface area contributed by atoms with Crippen molar-refractivity contribution in [3.8, 4) is 17.0 Å². The van der Waals surface area contributed by atoms with Gasteiger partial charge in [-0.05, 0) is 44.0 Å². The van der Waals surface area contributed by atoms with Crippen LogP contribution in [0.1, 0.15) is 32.4 Å². The van der Waals surface area contributed by atoms with Crippen LogP contribution in [0.15, 0.2) is 23.0 Å². The van der Waals surface area contributed by atoms with Crippen molar-refractivity contribution in [1.29, 1.82) is 0 Å². The van der Waals surface area contributed by atoms with Gasteiger partial charge in [0.1, 0.15) is 16.4 Å². The Morgan fingerprint density at radius 1 is 1.21 bits per heavy atom. The highest BCUT2D eigenvalue weighted by Gasteiger charge is 2.24. The summed E-state index contributed by atoms with van der Waals surface area (Å²) in [5, 5.41) is 6.67. The Bertz CT molecular complexity index is 1580. The first kappa shape index (κ1) is 21.0. The molecule has 0 saturated carbocycles. The summed E-state index contributed by atoms with van der Waals surface area (Å²) in [6, 6.07) is 5.48. The molecule has 1 aromatic carbocycles. The molecule has 0 unspecified atom stereocenters. The third kappa shape index (κ3) is 3.31. The third-order valence-corrected chi connectivity index (χ3v) is 8.09. The number of thiophene rings is 1. The smallest absolute Gasteiger partial charge is 0.267 e. The summed E-state index contributed by atoms with van der Waals surface area (Å²) in [6.07, 6.45) is 1.70. The van der Waals surface area contributed by atoms with Gasteiger partial charge in [-0.3, -0.25) is 24.3 Å². The van der Waals surface area contributed by atoms with E-state index in [-0.39, 0.29) is 24.0 Å². The van der Waals surface area contributed by atoms with E-state index < -0.39 is 0 Å². The minimum absolute atomic E-state index is 0.0000721. The second-order valence-electron chi connectivity index (χ2n) is 8.25. The van der Waals surface area contributed by atoms with Gasteiger partial charge in [0.15, 0.2) is 11.7 Å². The van der Waals surface area contributed by atoms with Gasteiger partial charge >= 0.3 is 0 Å². The molecule has 4 aromatic rings. The lowest BCUT2D eigenvalue weighted by molar-refractivity contribution is -0.118. The topological polar surface area (TPSA) is 115 Å². The zero-order chi connectivity index (χ0) is 23.6. The van der Waals surface area contributed by atoms with Gasteiger partial charge in [0.2, 0.25) is 0 Å². The van der Waals surface area contributed by atoms with Crippen molar-refractivity contribution in [2.75, 3.05) is 17.2 Å². The summed E-state index contributed by atoms with van der Waals surface area (Å²) in [4.78, 5) is 48.9. The van der Waals surface area contributed by atoms with Gasteiger partial charge in [-0.25, -0.2) is 9.97 Å². The number of fused-ring (bicyclic) bond motifs is 3. The number of rotatable bonds is 3. The number of aromatic nitrogens is 3. The third-order valence-electron chi connectivity index (χ3n) is 6.02. The molecule has 2 aliphatic heterocycles. The van der Waals surface area contributed by atoms with Gasteiger partial charge < -0.3 is 10.1 Å². The van der Waals surface area contributed by atoms with E-state index in [1.165, 1.54) is 22.7 Å². The molecular weight excluding hydrogens is 474 g/mol. The molecule has 34 heavy (non-hydrogen) atoms. The monoisotopic (exact) mass is 493 g/mol. The minimum atomic E-state index is -0.309. The van der Waals surface area contributed by atoms with E-state index in [1.54, 1.807) is 17.6 Å². The van der Waals surface area contributed by atoms with E-state index in [4.69, 9.17) is 4.74 Å². The molecule has 0 radical (unpaired) electrons. The van der Waals surface area contributed by atoms with E-state index in [0.717, 1.165) is 29.1 Å². The van der Waals surface area contributed by atoms with E-state index in [2.05, 4.69) is 20.6 Å². The number of carbonyl (C=O) groups is 2. The number of hydrogen-bond donors (Lipinski definition) is 2. The quantitative estimate of drug-likeness (QED) is 0.449. The van der Waals surface area contributed by atoms with Crippen molar-refractivity contribution in [3.05, 3.63) is 49.7 Å². The highest BCUT2D eigenvalue weighted by atomic mass is 32.1. The molecule has 2 N–H and O–H groups in total. The van der Waals surface area contributed by atoms with Gasteiger partial charge in [0.05, 0.1) is 21.6 Å². The molecule has 9 nitrogen and oxygen atoms in total. The van der Waals surface area contributed by atoms with Gasteiger partial charge in [-0.1, -0.05) is 0 Å². The summed E-state index contributed by atoms with van der Waals surface area (Å²) in [5.74, 6) is 0.889. The van der Waals surface area contributed by atoms with Crippen LogP contribution >= 0.6 is 22.7 Å². The number of benzene rings is 1. The lowest BCUT2D eigenvalue weighted by Gasteiger charge is -2.18. The van der Waals surface area contributed by atoms with E-state index in [9.17, 15) is 14.4 Å². The minimum Gasteiger partial charge on any atom is -0.482 e. The number of carbonyl (C=O) groups excluding carboxylic acids is 2. The molecule has 0 fully saturated rings. The van der Waals surface area contributed by atoms with Crippen molar-refractivity contribution in [1.82, 2.24) is 14.5 Å². The molecule has 0 spiro atoms. The average molecular weight is 494 g/mol. The second-order valence-corrected chi connectivity index (χ2v) is 10.5. The number of thiazole rings is 1. The highest BCUT2D eigenvalue weighted by molar-refractivity contribution is 7.21. The lowest BCUT2D eigenvalue weighted by Crippen LogP contribution is -2.25. The van der Waals surface area contributed by atoms with Crippen LogP contribution in [0.4, 0.5) is 10.8 Å². The maximum absolute atomic E-state index is 13.1. The summed E-state index contributed by atoms with van der Waals surface area (Å²) < 4.78 is 7.13. The van der Waals surface area contributed by atoms with Crippen molar-refractivity contribution in [2.45, 2.75) is 33.2 Å². The molecule has 5 heterocycles. The van der Waals surface area contributed by atoms with E-state index in [0.29, 0.717) is 49.5 Å². The van der Waals surface area contributed by atoms with Crippen molar-refractivity contribution >= 4 is 55.5 Å². The Hall–Kier alpha value is -3.57. The van der Waals surface area contributed by atoms with Crippen molar-refractivity contribution in [3.63, 3.8) is 0 Å². The Labute approximate surface area is 201 Å². The van der Waals surface area contributed by atoms with Crippen LogP contribution in [0.3, 0.4) is 0 Å². The standard InChI is InChI=1S/C23H19N5O4S2/c1-10-17-21(25-15-4-3-7-28(15)22(17)31)34-19(10)20(30)27-23-26-18(11(2)33-23)12-5-6-14-13(8-12)24-16(29)9-32-14/h5-6,8H,3-4,7,9H2,1-2H3,(H,24,29)(H,26,27,30). The van der Waals surface area contributed by atoms with Gasteiger partial charge in [0.25, 0.3) is 17.4 Å². The molecule has 0 bridgehead atoms. The molecule has 0 saturated heterocycles. The largest absolute Gasteiger partial charge is 0.482 e. The maximum Gasteiger partial charge on any atom is 0.267 e. The second kappa shape index (κ2) is 7.74. The maximum atomic E-state index is 13.1. The van der Waals surface area contributed by atoms with Crippen LogP contribution in [-0.4, -0.2) is 33.0 Å². The number of anilines is 2. The molecule has 2 aliphatic rings. The van der Waals surface area contributed by atoms with Crippen LogP contribution < -0.4 is 20.9 Å². The molecule has 2 amide bonds. The molecular formula is C23H19N5O4S2. The predicted molar refractivity (Wildman–Crippen MR) is 131 cm³/mol. The fourth-order valence-corrected chi connectivity index (χ4v) is 6.31. The molecule has 6 rings (SSSR count). The van der Waals surface area contributed by atoms with E-state index >= 15 is 0 Å². The molecule has 0 atom stereocenters. The molecule has 0 aliphatic carbocycles. The summed E-state index contributed by atoms with van der Waals surface area (Å²) in [6.45, 7) is 4.39. The summed E-state index contributed by atoms with van der Waals surface area (Å²) in [7, 11) is 0. The Balaban J connectivity index is 1.30. The number of ether oxygens (including phenoxy) is 1. The van der Waals surface area contributed by atoms with E-state index in [1.807, 2.05) is 19.1 Å². The zero-order valence-corrected chi connectivity index (χ0v) is 20.0. The fourth-order valence-electron chi connectivity index (χ4n) is 4.39. The normalized spacial score (nSPS) is 14.5. The van der Waals surface area contributed by atoms with Gasteiger partial charge in [-0.15, -0.1) is 22.7 Å². The number of aryl methyl sites for hydroxylation is 3. The van der Waals surface area contributed by atoms with Crippen LogP contribution in [0.5, 0.6) is 5.75 Å². The van der Waals surface area contributed by atoms with Crippen LogP contribution in [0.2, 0.25) is 0 Å². The van der Waals surface area contributed by atoms with Crippen molar-refractivity contribution < 1.29 is 14.3 Å². The number of nitrogens with zero attached hydrogens (tertiary/aromatic N) is 3. The summed E-state index contributed by atoms with van der Waals surface area (Å²) in [5.41, 5.74) is 2.70. The number of nitrogens with one attached hydrogen (secondary N) is 2. The Morgan fingerprint density at radius 2 is 2.06 bits per heavy atom. The van der Waals surface area contributed by atoms with Gasteiger partial charge in [0, 0.05) is 23.4 Å². The average Bonchev–Trinajstić information content (AvgIpc) is 3.51. The highest BCUT2D eigenvalue weighted by Crippen LogP contribution is 2.37. The van der Waals surface area contributed by atoms with Crippen LogP contribution in [0.25, 0.3) is 21.5 Å². The number of amides is 2. The van der Waals surface area contributed by atoms with Crippen LogP contribution in [-0.2, 0) is 17.8 Å².